The van der Waals surface area contributed by atoms with Crippen LogP contribution in [0.3, 0.4) is 0 Å². The minimum atomic E-state index is -4.66. The van der Waals surface area contributed by atoms with Crippen molar-refractivity contribution in [3.8, 4) is 0 Å². The first-order valence-corrected chi connectivity index (χ1v) is 5.73. The maximum atomic E-state index is 13.5. The maximum absolute atomic E-state index is 13.5. The Balaban J connectivity index is 2.02. The summed E-state index contributed by atoms with van der Waals surface area (Å²) in [6.07, 6.45) is -6.29. The van der Waals surface area contributed by atoms with Crippen LogP contribution in [0.2, 0.25) is 0 Å². The van der Waals surface area contributed by atoms with Crippen LogP contribution >= 0.6 is 0 Å². The second-order valence-electron chi connectivity index (χ2n) is 4.38. The lowest BCUT2D eigenvalue weighted by Gasteiger charge is -2.36. The summed E-state index contributed by atoms with van der Waals surface area (Å²) >= 11 is 0. The van der Waals surface area contributed by atoms with Crippen LogP contribution in [0.15, 0.2) is 18.2 Å². The SMILES string of the molecule is O=C(O)N1CC(OCc2c(F)cccc2C(F)(F)F)C1. The van der Waals surface area contributed by atoms with E-state index in [-0.39, 0.29) is 13.1 Å². The minimum Gasteiger partial charge on any atom is -0.465 e. The van der Waals surface area contributed by atoms with Crippen LogP contribution in [0, 0.1) is 5.82 Å². The first-order valence-electron chi connectivity index (χ1n) is 5.73. The van der Waals surface area contributed by atoms with Gasteiger partial charge in [0.25, 0.3) is 0 Å². The van der Waals surface area contributed by atoms with Gasteiger partial charge in [-0.2, -0.15) is 13.2 Å². The highest BCUT2D eigenvalue weighted by Gasteiger charge is 2.36. The molecular weight excluding hydrogens is 282 g/mol. The van der Waals surface area contributed by atoms with Gasteiger partial charge in [0.15, 0.2) is 0 Å². The Kier molecular flexibility index (Phi) is 3.85. The largest absolute Gasteiger partial charge is 0.465 e. The van der Waals surface area contributed by atoms with E-state index in [0.717, 1.165) is 23.1 Å². The number of halogens is 4. The van der Waals surface area contributed by atoms with E-state index < -0.39 is 41.9 Å². The Morgan fingerprint density at radius 3 is 2.60 bits per heavy atom. The van der Waals surface area contributed by atoms with Gasteiger partial charge >= 0.3 is 12.3 Å². The van der Waals surface area contributed by atoms with Gasteiger partial charge in [0.05, 0.1) is 31.4 Å². The topological polar surface area (TPSA) is 49.8 Å². The van der Waals surface area contributed by atoms with Gasteiger partial charge in [-0.15, -0.1) is 0 Å². The molecule has 0 atom stereocenters. The van der Waals surface area contributed by atoms with Crippen LogP contribution < -0.4 is 0 Å². The number of carboxylic acid groups (broad SMARTS) is 1. The molecule has 0 unspecified atom stereocenters. The molecule has 4 nitrogen and oxygen atoms in total. The quantitative estimate of drug-likeness (QED) is 0.872. The number of benzene rings is 1. The molecule has 1 amide bonds. The molecule has 0 spiro atoms. The van der Waals surface area contributed by atoms with E-state index in [2.05, 4.69) is 0 Å². The van der Waals surface area contributed by atoms with Gasteiger partial charge in [-0.1, -0.05) is 6.07 Å². The smallest absolute Gasteiger partial charge is 0.416 e. The molecule has 0 aliphatic carbocycles. The van der Waals surface area contributed by atoms with Crippen molar-refractivity contribution < 1.29 is 32.2 Å². The van der Waals surface area contributed by atoms with Gasteiger partial charge in [-0.3, -0.25) is 0 Å². The Morgan fingerprint density at radius 1 is 1.40 bits per heavy atom. The highest BCUT2D eigenvalue weighted by molar-refractivity contribution is 5.66. The average Bonchev–Trinajstić information content (AvgIpc) is 2.26. The van der Waals surface area contributed by atoms with Crippen LogP contribution in [-0.2, 0) is 17.5 Å². The summed E-state index contributed by atoms with van der Waals surface area (Å²) in [6, 6.07) is 2.70. The number of amides is 1. The Bertz CT molecular complexity index is 512. The number of nitrogens with zero attached hydrogens (tertiary/aromatic N) is 1. The van der Waals surface area contributed by atoms with Crippen LogP contribution in [0.5, 0.6) is 0 Å². The van der Waals surface area contributed by atoms with Gasteiger partial charge in [-0.05, 0) is 12.1 Å². The monoisotopic (exact) mass is 293 g/mol. The molecule has 8 heteroatoms. The summed E-state index contributed by atoms with van der Waals surface area (Å²) in [4.78, 5) is 11.6. The van der Waals surface area contributed by atoms with Gasteiger partial charge < -0.3 is 14.7 Å². The number of likely N-dealkylation sites (tertiary alicyclic amines) is 1. The molecule has 0 saturated carbocycles. The summed E-state index contributed by atoms with van der Waals surface area (Å²) < 4.78 is 56.7. The van der Waals surface area contributed by atoms with E-state index >= 15 is 0 Å². The molecule has 1 saturated heterocycles. The molecule has 1 heterocycles. The van der Waals surface area contributed by atoms with Crippen LogP contribution in [0.1, 0.15) is 11.1 Å². The predicted octanol–water partition coefficient (Wildman–Crippen LogP) is 2.72. The minimum absolute atomic E-state index is 0.0745. The van der Waals surface area contributed by atoms with E-state index in [0.29, 0.717) is 0 Å². The zero-order valence-corrected chi connectivity index (χ0v) is 10.2. The lowest BCUT2D eigenvalue weighted by Crippen LogP contribution is -2.54. The summed E-state index contributed by atoms with van der Waals surface area (Å²) in [6.45, 7) is -0.393. The summed E-state index contributed by atoms with van der Waals surface area (Å²) in [7, 11) is 0. The number of rotatable bonds is 3. The highest BCUT2D eigenvalue weighted by atomic mass is 19.4. The second kappa shape index (κ2) is 5.28. The van der Waals surface area contributed by atoms with Crippen molar-refractivity contribution in [1.29, 1.82) is 0 Å². The second-order valence-corrected chi connectivity index (χ2v) is 4.38. The first kappa shape index (κ1) is 14.6. The number of hydrogen-bond acceptors (Lipinski definition) is 2. The number of ether oxygens (including phenoxy) is 1. The zero-order valence-electron chi connectivity index (χ0n) is 10.2. The molecule has 0 radical (unpaired) electrons. The van der Waals surface area contributed by atoms with Crippen molar-refractivity contribution in [3.63, 3.8) is 0 Å². The van der Waals surface area contributed by atoms with E-state index in [1.807, 2.05) is 0 Å². The molecule has 1 fully saturated rings. The van der Waals surface area contributed by atoms with Gasteiger partial charge in [-0.25, -0.2) is 9.18 Å². The lowest BCUT2D eigenvalue weighted by atomic mass is 10.1. The number of alkyl halides is 3. The third-order valence-corrected chi connectivity index (χ3v) is 3.01. The molecule has 1 aromatic carbocycles. The average molecular weight is 293 g/mol. The Labute approximate surface area is 111 Å². The van der Waals surface area contributed by atoms with Crippen LogP contribution in [0.25, 0.3) is 0 Å². The van der Waals surface area contributed by atoms with Crippen molar-refractivity contribution >= 4 is 6.09 Å². The summed E-state index contributed by atoms with van der Waals surface area (Å²) in [5.74, 6) is -0.991. The third kappa shape index (κ3) is 3.01. The molecule has 1 N–H and O–H groups in total. The van der Waals surface area contributed by atoms with Crippen molar-refractivity contribution in [2.24, 2.45) is 0 Å². The molecular formula is C12H11F4NO3. The standard InChI is InChI=1S/C12H11F4NO3/c13-10-3-1-2-9(12(14,15)16)8(10)6-20-7-4-17(5-7)11(18)19/h1-3,7H,4-6H2,(H,18,19). The Morgan fingerprint density at radius 2 is 2.05 bits per heavy atom. The first-order chi connectivity index (χ1) is 9.29. The van der Waals surface area contributed by atoms with E-state index in [9.17, 15) is 22.4 Å². The molecule has 1 aliphatic heterocycles. The van der Waals surface area contributed by atoms with Crippen molar-refractivity contribution in [2.45, 2.75) is 18.9 Å². The van der Waals surface area contributed by atoms with Crippen molar-refractivity contribution in [3.05, 3.63) is 35.1 Å². The van der Waals surface area contributed by atoms with Gasteiger partial charge in [0.1, 0.15) is 5.82 Å². The lowest BCUT2D eigenvalue weighted by molar-refractivity contribution is -0.140. The molecule has 1 aromatic rings. The van der Waals surface area contributed by atoms with Crippen LogP contribution in [0.4, 0.5) is 22.4 Å². The predicted molar refractivity (Wildman–Crippen MR) is 59.6 cm³/mol. The Hall–Kier alpha value is -1.83. The van der Waals surface area contributed by atoms with Crippen LogP contribution in [-0.4, -0.2) is 35.3 Å². The normalized spacial score (nSPS) is 16.1. The molecule has 0 bridgehead atoms. The molecule has 1 aliphatic rings. The summed E-state index contributed by atoms with van der Waals surface area (Å²) in [5, 5.41) is 8.59. The van der Waals surface area contributed by atoms with Crippen molar-refractivity contribution in [1.82, 2.24) is 4.90 Å². The molecule has 2 rings (SSSR count). The zero-order chi connectivity index (χ0) is 14.9. The maximum Gasteiger partial charge on any atom is 0.416 e. The van der Waals surface area contributed by atoms with E-state index in [1.165, 1.54) is 0 Å². The highest BCUT2D eigenvalue weighted by Crippen LogP contribution is 2.33. The fourth-order valence-corrected chi connectivity index (χ4v) is 1.87. The fraction of sp³-hybridized carbons (Fsp3) is 0.417. The molecule has 0 aromatic heterocycles. The third-order valence-electron chi connectivity index (χ3n) is 3.01. The molecule has 20 heavy (non-hydrogen) atoms. The fourth-order valence-electron chi connectivity index (χ4n) is 1.87. The van der Waals surface area contributed by atoms with E-state index in [1.54, 1.807) is 0 Å². The van der Waals surface area contributed by atoms with Crippen molar-refractivity contribution in [2.75, 3.05) is 13.1 Å². The van der Waals surface area contributed by atoms with E-state index in [4.69, 9.17) is 9.84 Å². The summed E-state index contributed by atoms with van der Waals surface area (Å²) in [5.41, 5.74) is -1.64. The number of carbonyl (C=O) groups is 1. The van der Waals surface area contributed by atoms with Gasteiger partial charge in [0.2, 0.25) is 0 Å². The van der Waals surface area contributed by atoms with Gasteiger partial charge in [0, 0.05) is 5.56 Å². The number of hydrogen-bond donors (Lipinski definition) is 1. The molecule has 110 valence electrons.